The normalized spacial score (nSPS) is 21.7. The molecule has 2 aliphatic rings. The van der Waals surface area contributed by atoms with E-state index in [9.17, 15) is 26.4 Å². The number of sulfonamides is 1. The molecule has 3 aromatic rings. The van der Waals surface area contributed by atoms with E-state index in [2.05, 4.69) is 21.6 Å². The Morgan fingerprint density at radius 2 is 1.73 bits per heavy atom. The molecule has 13 heteroatoms. The second-order valence-corrected chi connectivity index (χ2v) is 15.8. The first kappa shape index (κ1) is 35.7. The Labute approximate surface area is 280 Å². The average molecular weight is 688 g/mol. The van der Waals surface area contributed by atoms with Crippen molar-refractivity contribution >= 4 is 22.3 Å². The molecule has 0 spiro atoms. The van der Waals surface area contributed by atoms with Crippen LogP contribution in [0, 0.1) is 24.7 Å². The number of hydrogen-bond acceptors (Lipinski definition) is 8. The van der Waals surface area contributed by atoms with Crippen LogP contribution in [0.3, 0.4) is 0 Å². The zero-order chi connectivity index (χ0) is 35.1. The van der Waals surface area contributed by atoms with Crippen LogP contribution in [0.25, 0.3) is 11.3 Å². The number of rotatable bonds is 14. The Morgan fingerprint density at radius 1 is 1.08 bits per heavy atom. The van der Waals surface area contributed by atoms with E-state index in [0.29, 0.717) is 12.0 Å². The van der Waals surface area contributed by atoms with Crippen molar-refractivity contribution in [2.24, 2.45) is 16.6 Å². The summed E-state index contributed by atoms with van der Waals surface area (Å²) in [5, 5.41) is 0. The Bertz CT molecular complexity index is 1740. The second-order valence-electron chi connectivity index (χ2n) is 14.1. The summed E-state index contributed by atoms with van der Waals surface area (Å²) in [5.74, 6) is -0.259. The van der Waals surface area contributed by atoms with Crippen LogP contribution in [0.4, 0.5) is 19.1 Å². The van der Waals surface area contributed by atoms with Gasteiger partial charge in [0.15, 0.2) is 0 Å². The van der Waals surface area contributed by atoms with Gasteiger partial charge in [-0.25, -0.2) is 18.1 Å². The van der Waals surface area contributed by atoms with Crippen molar-refractivity contribution in [2.45, 2.75) is 95.4 Å². The van der Waals surface area contributed by atoms with Gasteiger partial charge in [0.05, 0.1) is 16.0 Å². The number of nitrogens with two attached hydrogens (primary N) is 1. The van der Waals surface area contributed by atoms with E-state index in [1.807, 2.05) is 50.9 Å². The highest BCUT2D eigenvalue weighted by atomic mass is 32.2. The Balaban J connectivity index is 1.46. The predicted molar refractivity (Wildman–Crippen MR) is 178 cm³/mol. The zero-order valence-corrected chi connectivity index (χ0v) is 28.8. The van der Waals surface area contributed by atoms with Gasteiger partial charge in [-0.05, 0) is 95.0 Å². The van der Waals surface area contributed by atoms with Crippen LogP contribution in [-0.4, -0.2) is 67.5 Å². The number of anilines is 1. The van der Waals surface area contributed by atoms with Gasteiger partial charge in [0.1, 0.15) is 12.9 Å². The van der Waals surface area contributed by atoms with Crippen LogP contribution in [0.1, 0.15) is 73.9 Å². The number of alkyl halides is 3. The average Bonchev–Trinajstić information content (AvgIpc) is 3.79. The van der Waals surface area contributed by atoms with Crippen LogP contribution in [0.2, 0.25) is 0 Å². The molecule has 0 radical (unpaired) electrons. The highest BCUT2D eigenvalue weighted by molar-refractivity contribution is 7.92. The van der Waals surface area contributed by atoms with Crippen LogP contribution in [0.5, 0.6) is 5.88 Å². The molecule has 48 heavy (non-hydrogen) atoms. The van der Waals surface area contributed by atoms with Gasteiger partial charge in [-0.15, -0.1) is 0 Å². The topological polar surface area (TPSA) is 128 Å². The molecule has 2 aromatic carbocycles. The minimum absolute atomic E-state index is 0.0156. The summed E-state index contributed by atoms with van der Waals surface area (Å²) in [6.07, 6.45) is -1.24. The predicted octanol–water partition coefficient (Wildman–Crippen LogP) is 6.69. The lowest BCUT2D eigenvalue weighted by molar-refractivity contribution is -0.193. The van der Waals surface area contributed by atoms with Gasteiger partial charge in [-0.3, -0.25) is 9.69 Å². The number of carbonyl (C=O) groups is 1. The van der Waals surface area contributed by atoms with Crippen LogP contribution in [-0.2, 0) is 10.0 Å². The van der Waals surface area contributed by atoms with Crippen LogP contribution < -0.4 is 15.2 Å². The third-order valence-corrected chi connectivity index (χ3v) is 11.4. The van der Waals surface area contributed by atoms with E-state index < -0.39 is 27.7 Å². The van der Waals surface area contributed by atoms with Crippen LogP contribution >= 0.6 is 0 Å². The summed E-state index contributed by atoms with van der Waals surface area (Å²) in [5.41, 5.74) is 7.40. The highest BCUT2D eigenvalue weighted by Gasteiger charge is 2.63. The highest BCUT2D eigenvalue weighted by Crippen LogP contribution is 2.61. The molecule has 0 amide bonds. The Kier molecular flexibility index (Phi) is 9.98. The lowest BCUT2D eigenvalue weighted by Crippen LogP contribution is -2.50. The number of aryl methyl sites for hydroxylation is 2. The van der Waals surface area contributed by atoms with E-state index in [1.165, 1.54) is 24.3 Å². The first-order valence-corrected chi connectivity index (χ1v) is 17.6. The number of ether oxygens (including phenoxy) is 1. The summed E-state index contributed by atoms with van der Waals surface area (Å²) in [6.45, 7) is 7.87. The van der Waals surface area contributed by atoms with Gasteiger partial charge in [0.2, 0.25) is 11.8 Å². The van der Waals surface area contributed by atoms with Gasteiger partial charge in [-0.1, -0.05) is 37.3 Å². The van der Waals surface area contributed by atoms with Crippen molar-refractivity contribution in [1.29, 1.82) is 0 Å². The third kappa shape index (κ3) is 7.84. The number of carbonyl (C=O) groups excluding carboxylic acids is 1. The van der Waals surface area contributed by atoms with Crippen molar-refractivity contribution in [3.8, 4) is 17.1 Å². The molecule has 0 saturated heterocycles. The van der Waals surface area contributed by atoms with Gasteiger partial charge >= 0.3 is 6.18 Å². The van der Waals surface area contributed by atoms with Gasteiger partial charge in [0.25, 0.3) is 10.0 Å². The van der Waals surface area contributed by atoms with Gasteiger partial charge < -0.3 is 10.5 Å². The summed E-state index contributed by atoms with van der Waals surface area (Å²) in [6, 6.07) is 12.3. The van der Waals surface area contributed by atoms with Gasteiger partial charge in [0, 0.05) is 35.3 Å². The number of nitrogens with one attached hydrogen (secondary N) is 1. The number of halogens is 3. The van der Waals surface area contributed by atoms with Crippen molar-refractivity contribution in [1.82, 2.24) is 14.9 Å². The monoisotopic (exact) mass is 687 g/mol. The summed E-state index contributed by atoms with van der Waals surface area (Å²) in [4.78, 5) is 22.0. The molecule has 260 valence electrons. The molecule has 5 rings (SSSR count). The minimum Gasteiger partial charge on any atom is -0.476 e. The molecular weight excluding hydrogens is 643 g/mol. The van der Waals surface area contributed by atoms with E-state index in [-0.39, 0.29) is 65.7 Å². The maximum atomic E-state index is 14.2. The molecule has 2 aliphatic carbocycles. The van der Waals surface area contributed by atoms with Gasteiger partial charge in [-0.2, -0.15) is 18.2 Å². The van der Waals surface area contributed by atoms with E-state index in [4.69, 9.17) is 10.5 Å². The molecule has 1 unspecified atom stereocenters. The largest absolute Gasteiger partial charge is 0.476 e. The first-order valence-electron chi connectivity index (χ1n) is 16.1. The standard InChI is InChI=1S/C35H44F3N5O4S/c1-22-8-6-9-23(2)31(22)29-15-30(41-32(40-29)42-48(45,46)28-11-7-10-25(14-28)20-44)47-21-27(19-34(12-13-34)35(36,37)38)43(5)24(3)16-33(4)17-26(39)18-33/h6-11,14-15,20,24,26-27H,12-13,16-19,21,39H2,1-5H3,(H,40,41,42)/t24?,26?,27-,33?/m1/s1. The number of hydrogen-bond donors (Lipinski definition) is 2. The lowest BCUT2D eigenvalue weighted by atomic mass is 9.64. The van der Waals surface area contributed by atoms with Crippen LogP contribution in [0.15, 0.2) is 53.4 Å². The molecule has 2 fully saturated rings. The number of benzene rings is 2. The summed E-state index contributed by atoms with van der Waals surface area (Å²) < 4.78 is 77.9. The molecule has 0 aliphatic heterocycles. The molecule has 2 saturated carbocycles. The zero-order valence-electron chi connectivity index (χ0n) is 28.0. The molecule has 1 aromatic heterocycles. The summed E-state index contributed by atoms with van der Waals surface area (Å²) in [7, 11) is -2.38. The number of aromatic nitrogens is 2. The molecule has 9 nitrogen and oxygen atoms in total. The number of nitrogens with zero attached hydrogens (tertiary/aromatic N) is 3. The third-order valence-electron chi connectivity index (χ3n) is 10.0. The number of likely N-dealkylation sites (N-methyl/N-ethyl adjacent to an activating group) is 1. The van der Waals surface area contributed by atoms with Crippen molar-refractivity contribution < 1.29 is 31.1 Å². The van der Waals surface area contributed by atoms with E-state index in [1.54, 1.807) is 6.07 Å². The SMILES string of the molecule is Cc1cccc(C)c1-c1cc(OC[C@@H](CC2(C(F)(F)F)CC2)N(C)C(C)CC2(C)CC(N)C2)nc(NS(=O)(=O)c2cccc(C=O)c2)n1. The minimum atomic E-state index is -4.33. The van der Waals surface area contributed by atoms with E-state index in [0.717, 1.165) is 36.0 Å². The fourth-order valence-electron chi connectivity index (χ4n) is 7.12. The first-order chi connectivity index (χ1) is 22.4. The van der Waals surface area contributed by atoms with Crippen molar-refractivity contribution in [3.63, 3.8) is 0 Å². The summed E-state index contributed by atoms with van der Waals surface area (Å²) >= 11 is 0. The maximum Gasteiger partial charge on any atom is 0.394 e. The number of aldehydes is 1. The maximum absolute atomic E-state index is 14.2. The molecule has 2 atom stereocenters. The Morgan fingerprint density at radius 3 is 2.31 bits per heavy atom. The quantitative estimate of drug-likeness (QED) is 0.180. The molecule has 3 N–H and O–H groups in total. The van der Waals surface area contributed by atoms with E-state index >= 15 is 0 Å². The second kappa shape index (κ2) is 13.4. The fourth-order valence-corrected chi connectivity index (χ4v) is 8.12. The fraction of sp³-hybridized carbons (Fsp3) is 0.514. The molecule has 0 bridgehead atoms. The smallest absolute Gasteiger partial charge is 0.394 e. The molecule has 1 heterocycles. The molecular formula is C35H44F3N5O4S. The Hall–Kier alpha value is -3.55. The van der Waals surface area contributed by atoms with Crippen molar-refractivity contribution in [2.75, 3.05) is 18.4 Å². The lowest BCUT2D eigenvalue weighted by Gasteiger charge is -2.47. The van der Waals surface area contributed by atoms with Crippen molar-refractivity contribution in [3.05, 3.63) is 65.2 Å².